The third-order valence-corrected chi connectivity index (χ3v) is 5.34. The van der Waals surface area contributed by atoms with Crippen molar-refractivity contribution in [3.05, 3.63) is 0 Å². The molecule has 2 unspecified atom stereocenters. The predicted molar refractivity (Wildman–Crippen MR) is 73.6 cm³/mol. The fourth-order valence-electron chi connectivity index (χ4n) is 4.16. The second kappa shape index (κ2) is 5.48. The molecule has 18 heavy (non-hydrogen) atoms. The van der Waals surface area contributed by atoms with Gasteiger partial charge in [0, 0.05) is 24.7 Å². The van der Waals surface area contributed by atoms with Crippen LogP contribution >= 0.6 is 0 Å². The molecule has 0 bridgehead atoms. The summed E-state index contributed by atoms with van der Waals surface area (Å²) in [6.07, 6.45) is 12.2. The molecule has 3 heteroatoms. The van der Waals surface area contributed by atoms with Crippen molar-refractivity contribution in [1.29, 1.82) is 0 Å². The Labute approximate surface area is 111 Å². The van der Waals surface area contributed by atoms with Crippen molar-refractivity contribution >= 4 is 0 Å². The molecule has 0 radical (unpaired) electrons. The summed E-state index contributed by atoms with van der Waals surface area (Å²) >= 11 is 0. The highest BCUT2D eigenvalue weighted by atomic mass is 16.5. The fraction of sp³-hybridized carbons (Fsp3) is 1.00. The van der Waals surface area contributed by atoms with Crippen molar-refractivity contribution in [3.8, 4) is 0 Å². The molecule has 1 heterocycles. The molecule has 2 aliphatic carbocycles. The number of ether oxygens (including phenoxy) is 1. The Morgan fingerprint density at radius 2 is 1.94 bits per heavy atom. The van der Waals surface area contributed by atoms with E-state index in [1.807, 2.05) is 0 Å². The van der Waals surface area contributed by atoms with E-state index in [0.29, 0.717) is 12.1 Å². The summed E-state index contributed by atoms with van der Waals surface area (Å²) in [5.74, 6) is 0. The lowest BCUT2D eigenvalue weighted by Gasteiger charge is -2.41. The van der Waals surface area contributed by atoms with Crippen LogP contribution in [0, 0.1) is 0 Å². The molecule has 0 spiro atoms. The number of morpholine rings is 1. The molecule has 3 aliphatic rings. The first-order chi connectivity index (χ1) is 8.77. The van der Waals surface area contributed by atoms with Gasteiger partial charge >= 0.3 is 0 Å². The van der Waals surface area contributed by atoms with Gasteiger partial charge in [-0.15, -0.1) is 0 Å². The number of rotatable bonds is 3. The summed E-state index contributed by atoms with van der Waals surface area (Å²) in [6.45, 7) is 3.25. The minimum atomic E-state index is 0.144. The predicted octanol–water partition coefficient (Wildman–Crippen LogP) is 2.29. The van der Waals surface area contributed by atoms with Crippen LogP contribution in [0.15, 0.2) is 0 Å². The molecule has 2 N–H and O–H groups in total. The molecule has 3 nitrogen and oxygen atoms in total. The van der Waals surface area contributed by atoms with Gasteiger partial charge in [-0.2, -0.15) is 0 Å². The lowest BCUT2D eigenvalue weighted by atomic mass is 9.80. The maximum atomic E-state index is 6.56. The van der Waals surface area contributed by atoms with E-state index in [9.17, 15) is 0 Å². The summed E-state index contributed by atoms with van der Waals surface area (Å²) in [7, 11) is 0. The van der Waals surface area contributed by atoms with Crippen molar-refractivity contribution < 1.29 is 4.74 Å². The summed E-state index contributed by atoms with van der Waals surface area (Å²) in [4.78, 5) is 2.67. The Morgan fingerprint density at radius 3 is 2.78 bits per heavy atom. The number of nitrogens with two attached hydrogens (primary N) is 1. The molecule has 0 amide bonds. The Kier molecular flexibility index (Phi) is 3.92. The summed E-state index contributed by atoms with van der Waals surface area (Å²) < 4.78 is 5.88. The van der Waals surface area contributed by atoms with E-state index in [2.05, 4.69) is 4.90 Å². The zero-order valence-corrected chi connectivity index (χ0v) is 11.6. The Bertz CT molecular complexity index is 276. The van der Waals surface area contributed by atoms with Crippen LogP contribution in [0.1, 0.15) is 57.8 Å². The van der Waals surface area contributed by atoms with Crippen molar-refractivity contribution in [2.24, 2.45) is 5.73 Å². The van der Waals surface area contributed by atoms with Gasteiger partial charge in [-0.05, 0) is 38.5 Å². The van der Waals surface area contributed by atoms with Crippen LogP contribution in [-0.2, 0) is 4.74 Å². The minimum absolute atomic E-state index is 0.144. The molecule has 3 fully saturated rings. The lowest BCUT2D eigenvalue weighted by molar-refractivity contribution is -0.0577. The second-order valence-electron chi connectivity index (χ2n) is 6.62. The van der Waals surface area contributed by atoms with E-state index in [1.54, 1.807) is 0 Å². The molecular weight excluding hydrogens is 224 g/mol. The zero-order chi connectivity index (χ0) is 12.4. The van der Waals surface area contributed by atoms with E-state index in [-0.39, 0.29) is 5.54 Å². The van der Waals surface area contributed by atoms with Gasteiger partial charge in [-0.3, -0.25) is 4.90 Å². The third-order valence-electron chi connectivity index (χ3n) is 5.34. The summed E-state index contributed by atoms with van der Waals surface area (Å²) in [5.41, 5.74) is 6.70. The molecular formula is C15H28N2O. The summed E-state index contributed by atoms with van der Waals surface area (Å²) in [6, 6.07) is 0.700. The Balaban J connectivity index is 1.52. The number of nitrogens with zero attached hydrogens (tertiary/aromatic N) is 1. The van der Waals surface area contributed by atoms with Crippen molar-refractivity contribution in [2.75, 3.05) is 19.7 Å². The molecule has 2 atom stereocenters. The molecule has 1 aliphatic heterocycles. The molecule has 2 saturated carbocycles. The van der Waals surface area contributed by atoms with E-state index in [4.69, 9.17) is 10.5 Å². The topological polar surface area (TPSA) is 38.5 Å². The highest BCUT2D eigenvalue weighted by molar-refractivity contribution is 4.92. The van der Waals surface area contributed by atoms with Crippen LogP contribution in [0.25, 0.3) is 0 Å². The number of fused-ring (bicyclic) bond motifs is 1. The SMILES string of the molecule is NC1(CCN2CCOC3CCCC32)CCCCC1. The van der Waals surface area contributed by atoms with Gasteiger partial charge in [-0.25, -0.2) is 0 Å². The van der Waals surface area contributed by atoms with Gasteiger partial charge in [0.25, 0.3) is 0 Å². The van der Waals surface area contributed by atoms with Gasteiger partial charge in [0.2, 0.25) is 0 Å². The van der Waals surface area contributed by atoms with Crippen LogP contribution in [0.2, 0.25) is 0 Å². The van der Waals surface area contributed by atoms with Crippen LogP contribution in [0.5, 0.6) is 0 Å². The average molecular weight is 252 g/mol. The monoisotopic (exact) mass is 252 g/mol. The smallest absolute Gasteiger partial charge is 0.0730 e. The van der Waals surface area contributed by atoms with Crippen molar-refractivity contribution in [1.82, 2.24) is 4.90 Å². The van der Waals surface area contributed by atoms with E-state index in [1.165, 1.54) is 64.3 Å². The first kappa shape index (κ1) is 12.9. The average Bonchev–Trinajstić information content (AvgIpc) is 2.86. The van der Waals surface area contributed by atoms with Crippen LogP contribution < -0.4 is 5.73 Å². The van der Waals surface area contributed by atoms with Gasteiger partial charge in [0.05, 0.1) is 12.7 Å². The van der Waals surface area contributed by atoms with Crippen LogP contribution in [0.3, 0.4) is 0 Å². The fourth-order valence-corrected chi connectivity index (χ4v) is 4.16. The van der Waals surface area contributed by atoms with Gasteiger partial charge in [0.15, 0.2) is 0 Å². The molecule has 0 aromatic carbocycles. The van der Waals surface area contributed by atoms with Gasteiger partial charge in [0.1, 0.15) is 0 Å². The Morgan fingerprint density at radius 1 is 1.11 bits per heavy atom. The molecule has 3 rings (SSSR count). The van der Waals surface area contributed by atoms with Gasteiger partial charge in [-0.1, -0.05) is 19.3 Å². The molecule has 0 aromatic heterocycles. The molecule has 104 valence electrons. The highest BCUT2D eigenvalue weighted by Crippen LogP contribution is 2.32. The van der Waals surface area contributed by atoms with Crippen LogP contribution in [-0.4, -0.2) is 42.3 Å². The minimum Gasteiger partial charge on any atom is -0.375 e. The van der Waals surface area contributed by atoms with Gasteiger partial charge < -0.3 is 10.5 Å². The zero-order valence-electron chi connectivity index (χ0n) is 11.6. The van der Waals surface area contributed by atoms with Crippen molar-refractivity contribution in [2.45, 2.75) is 75.5 Å². The number of hydrogen-bond acceptors (Lipinski definition) is 3. The Hall–Kier alpha value is -0.120. The second-order valence-corrected chi connectivity index (χ2v) is 6.62. The van der Waals surface area contributed by atoms with E-state index < -0.39 is 0 Å². The normalized spacial score (nSPS) is 36.5. The van der Waals surface area contributed by atoms with E-state index >= 15 is 0 Å². The quantitative estimate of drug-likeness (QED) is 0.837. The maximum Gasteiger partial charge on any atom is 0.0730 e. The van der Waals surface area contributed by atoms with Crippen molar-refractivity contribution in [3.63, 3.8) is 0 Å². The number of hydrogen-bond donors (Lipinski definition) is 1. The molecule has 1 saturated heterocycles. The third kappa shape index (κ3) is 2.73. The standard InChI is InChI=1S/C15H28N2O/c16-15(7-2-1-3-8-15)9-10-17-11-12-18-14-6-4-5-13(14)17/h13-14H,1-12,16H2. The summed E-state index contributed by atoms with van der Waals surface area (Å²) in [5, 5.41) is 0. The first-order valence-electron chi connectivity index (χ1n) is 7.91. The first-order valence-corrected chi connectivity index (χ1v) is 7.91. The largest absolute Gasteiger partial charge is 0.375 e. The lowest BCUT2D eigenvalue weighted by Crippen LogP contribution is -2.51. The highest BCUT2D eigenvalue weighted by Gasteiger charge is 2.37. The van der Waals surface area contributed by atoms with E-state index in [0.717, 1.165) is 13.2 Å². The maximum absolute atomic E-state index is 6.56. The van der Waals surface area contributed by atoms with Crippen LogP contribution in [0.4, 0.5) is 0 Å². The molecule has 0 aromatic rings.